The summed E-state index contributed by atoms with van der Waals surface area (Å²) >= 11 is 0. The molecule has 0 radical (unpaired) electrons. The van der Waals surface area contributed by atoms with Crippen LogP contribution >= 0.6 is 0 Å². The molecule has 1 fully saturated rings. The van der Waals surface area contributed by atoms with Crippen LogP contribution in [0.3, 0.4) is 0 Å². The normalized spacial score (nSPS) is 20.3. The van der Waals surface area contributed by atoms with E-state index in [1.165, 1.54) is 89.9 Å². The maximum absolute atomic E-state index is 11.3. The summed E-state index contributed by atoms with van der Waals surface area (Å²) in [6.45, 7) is 4.29. The fourth-order valence-corrected chi connectivity index (χ4v) is 4.18. The van der Waals surface area contributed by atoms with Crippen molar-refractivity contribution >= 4 is 5.97 Å². The summed E-state index contributed by atoms with van der Waals surface area (Å²) in [6, 6.07) is 0. The Morgan fingerprint density at radius 1 is 0.778 bits per heavy atom. The van der Waals surface area contributed by atoms with Crippen molar-refractivity contribution in [1.29, 1.82) is 0 Å². The molecule has 1 rings (SSSR count). The van der Waals surface area contributed by atoms with E-state index in [1.807, 2.05) is 6.92 Å². The lowest BCUT2D eigenvalue weighted by atomic mass is 9.89. The van der Waals surface area contributed by atoms with E-state index >= 15 is 0 Å². The summed E-state index contributed by atoms with van der Waals surface area (Å²) in [5.74, 6) is -0.0534. The van der Waals surface area contributed by atoms with Gasteiger partial charge in [-0.1, -0.05) is 110 Å². The topological polar surface area (TPSA) is 46.5 Å². The highest BCUT2D eigenvalue weighted by molar-refractivity contribution is 5.78. The minimum atomic E-state index is -0.306. The van der Waals surface area contributed by atoms with Gasteiger partial charge in [0.15, 0.2) is 0 Å². The van der Waals surface area contributed by atoms with E-state index < -0.39 is 0 Å². The van der Waals surface area contributed by atoms with E-state index in [4.69, 9.17) is 4.74 Å². The predicted molar refractivity (Wildman–Crippen MR) is 114 cm³/mol. The number of unbranched alkanes of at least 4 members (excludes halogenated alkanes) is 14. The molecular formula is C24H46O3. The molecule has 1 aliphatic rings. The third kappa shape index (κ3) is 11.8. The number of carbonyl (C=O) groups is 1. The fourth-order valence-electron chi connectivity index (χ4n) is 4.18. The number of rotatable bonds is 19. The summed E-state index contributed by atoms with van der Waals surface area (Å²) in [5, 5.41) is 10.1. The van der Waals surface area contributed by atoms with Gasteiger partial charge in [-0.25, -0.2) is 0 Å². The first kappa shape index (κ1) is 24.5. The van der Waals surface area contributed by atoms with Crippen LogP contribution in [0.4, 0.5) is 0 Å². The molecule has 3 nitrogen and oxygen atoms in total. The minimum Gasteiger partial charge on any atom is -0.461 e. The Kier molecular flexibility index (Phi) is 14.9. The number of esters is 1. The summed E-state index contributed by atoms with van der Waals surface area (Å²) < 4.78 is 5.14. The Bertz CT molecular complexity index is 356. The molecule has 1 aliphatic heterocycles. The van der Waals surface area contributed by atoms with E-state index in [9.17, 15) is 9.90 Å². The van der Waals surface area contributed by atoms with Gasteiger partial charge < -0.3 is 9.84 Å². The standard InChI is InChI=1S/C24H46O3/c1-3-5-6-7-8-9-10-11-12-13-14-15-16-17-18-19-21(25)20-23-22(4-2)24(26)27-23/h21-23,25H,3-20H2,1-2H3/t21-,22+,23+/m0/s1. The summed E-state index contributed by atoms with van der Waals surface area (Å²) in [6.07, 6.45) is 22.4. The van der Waals surface area contributed by atoms with Crippen molar-refractivity contribution in [2.45, 2.75) is 142 Å². The van der Waals surface area contributed by atoms with Crippen LogP contribution in [0.25, 0.3) is 0 Å². The van der Waals surface area contributed by atoms with Gasteiger partial charge in [0.1, 0.15) is 6.10 Å². The lowest BCUT2D eigenvalue weighted by molar-refractivity contribution is -0.188. The van der Waals surface area contributed by atoms with Crippen molar-refractivity contribution in [3.05, 3.63) is 0 Å². The number of aliphatic hydroxyl groups excluding tert-OH is 1. The lowest BCUT2D eigenvalue weighted by Gasteiger charge is -2.35. The van der Waals surface area contributed by atoms with Gasteiger partial charge in [-0.15, -0.1) is 0 Å². The Morgan fingerprint density at radius 3 is 1.63 bits per heavy atom. The van der Waals surface area contributed by atoms with E-state index in [2.05, 4.69) is 6.92 Å². The molecule has 0 amide bonds. The first-order valence-electron chi connectivity index (χ1n) is 12.1. The lowest BCUT2D eigenvalue weighted by Crippen LogP contribution is -2.46. The van der Waals surface area contributed by atoms with Crippen LogP contribution in [0.2, 0.25) is 0 Å². The molecule has 0 unspecified atom stereocenters. The van der Waals surface area contributed by atoms with Crippen molar-refractivity contribution < 1.29 is 14.6 Å². The molecule has 3 heteroatoms. The van der Waals surface area contributed by atoms with Crippen LogP contribution in [0.15, 0.2) is 0 Å². The summed E-state index contributed by atoms with van der Waals surface area (Å²) in [7, 11) is 0. The molecule has 0 spiro atoms. The molecule has 0 aliphatic carbocycles. The van der Waals surface area contributed by atoms with Crippen LogP contribution in [-0.4, -0.2) is 23.3 Å². The molecule has 0 bridgehead atoms. The average molecular weight is 383 g/mol. The predicted octanol–water partition coefficient (Wildman–Crippen LogP) is 6.95. The van der Waals surface area contributed by atoms with Crippen molar-refractivity contribution in [3.8, 4) is 0 Å². The molecule has 160 valence electrons. The zero-order valence-corrected chi connectivity index (χ0v) is 18.2. The van der Waals surface area contributed by atoms with Crippen LogP contribution in [0.1, 0.15) is 129 Å². The second-order valence-electron chi connectivity index (χ2n) is 8.62. The Hall–Kier alpha value is -0.570. The van der Waals surface area contributed by atoms with Gasteiger partial charge in [-0.2, -0.15) is 0 Å². The van der Waals surface area contributed by atoms with Crippen molar-refractivity contribution in [2.24, 2.45) is 5.92 Å². The van der Waals surface area contributed by atoms with Crippen LogP contribution < -0.4 is 0 Å². The smallest absolute Gasteiger partial charge is 0.313 e. The quantitative estimate of drug-likeness (QED) is 0.194. The van der Waals surface area contributed by atoms with Gasteiger partial charge in [-0.05, 0) is 12.8 Å². The Balaban J connectivity index is 1.77. The van der Waals surface area contributed by atoms with Crippen molar-refractivity contribution in [2.75, 3.05) is 0 Å². The Morgan fingerprint density at radius 2 is 1.22 bits per heavy atom. The zero-order chi connectivity index (χ0) is 19.7. The number of cyclic esters (lactones) is 1. The molecule has 3 atom stereocenters. The van der Waals surface area contributed by atoms with E-state index in [-0.39, 0.29) is 24.1 Å². The average Bonchev–Trinajstić information content (AvgIpc) is 2.64. The number of aliphatic hydroxyl groups is 1. The molecule has 27 heavy (non-hydrogen) atoms. The minimum absolute atomic E-state index is 0.0284. The highest BCUT2D eigenvalue weighted by atomic mass is 16.6. The van der Waals surface area contributed by atoms with Crippen molar-refractivity contribution in [1.82, 2.24) is 0 Å². The van der Waals surface area contributed by atoms with Crippen LogP contribution in [-0.2, 0) is 9.53 Å². The van der Waals surface area contributed by atoms with Crippen molar-refractivity contribution in [3.63, 3.8) is 0 Å². The molecule has 1 heterocycles. The monoisotopic (exact) mass is 382 g/mol. The summed E-state index contributed by atoms with van der Waals surface area (Å²) in [5.41, 5.74) is 0. The molecular weight excluding hydrogens is 336 g/mol. The maximum Gasteiger partial charge on any atom is 0.313 e. The summed E-state index contributed by atoms with van der Waals surface area (Å²) in [4.78, 5) is 11.3. The maximum atomic E-state index is 11.3. The van der Waals surface area contributed by atoms with Crippen LogP contribution in [0, 0.1) is 5.92 Å². The van der Waals surface area contributed by atoms with E-state index in [0.29, 0.717) is 6.42 Å². The highest BCUT2D eigenvalue weighted by Gasteiger charge is 2.41. The van der Waals surface area contributed by atoms with E-state index in [1.54, 1.807) is 0 Å². The third-order valence-corrected chi connectivity index (χ3v) is 6.10. The second-order valence-corrected chi connectivity index (χ2v) is 8.62. The highest BCUT2D eigenvalue weighted by Crippen LogP contribution is 2.29. The first-order chi connectivity index (χ1) is 13.2. The van der Waals surface area contributed by atoms with Gasteiger partial charge in [0.25, 0.3) is 0 Å². The first-order valence-corrected chi connectivity index (χ1v) is 12.1. The molecule has 1 saturated heterocycles. The largest absolute Gasteiger partial charge is 0.461 e. The molecule has 0 aromatic carbocycles. The van der Waals surface area contributed by atoms with Gasteiger partial charge in [-0.3, -0.25) is 4.79 Å². The van der Waals surface area contributed by atoms with Gasteiger partial charge >= 0.3 is 5.97 Å². The molecule has 0 saturated carbocycles. The number of carbonyl (C=O) groups excluding carboxylic acids is 1. The second kappa shape index (κ2) is 16.4. The van der Waals surface area contributed by atoms with Gasteiger partial charge in [0.2, 0.25) is 0 Å². The number of hydrogen-bond donors (Lipinski definition) is 1. The Labute approximate surface area is 168 Å². The third-order valence-electron chi connectivity index (χ3n) is 6.10. The fraction of sp³-hybridized carbons (Fsp3) is 0.958. The molecule has 0 aromatic heterocycles. The molecule has 0 aromatic rings. The zero-order valence-electron chi connectivity index (χ0n) is 18.2. The van der Waals surface area contributed by atoms with E-state index in [0.717, 1.165) is 19.3 Å². The van der Waals surface area contributed by atoms with Gasteiger partial charge in [0, 0.05) is 6.42 Å². The molecule has 1 N–H and O–H groups in total. The van der Waals surface area contributed by atoms with Crippen LogP contribution in [0.5, 0.6) is 0 Å². The number of ether oxygens (including phenoxy) is 1. The SMILES string of the molecule is CCCCCCCCCCCCCCCCC[C@H](O)C[C@H]1OC(=O)[C@@H]1CC. The number of hydrogen-bond acceptors (Lipinski definition) is 3. The van der Waals surface area contributed by atoms with Gasteiger partial charge in [0.05, 0.1) is 12.0 Å².